The molecule has 7 heteroatoms. The van der Waals surface area contributed by atoms with E-state index < -0.39 is 0 Å². The molecule has 2 rings (SSSR count). The molecule has 0 aliphatic heterocycles. The van der Waals surface area contributed by atoms with Crippen molar-refractivity contribution >= 4 is 45.1 Å². The van der Waals surface area contributed by atoms with Crippen LogP contribution >= 0.6 is 27.5 Å². The number of nitrogens with zero attached hydrogens (tertiary/aromatic N) is 3. The van der Waals surface area contributed by atoms with E-state index in [0.717, 1.165) is 15.7 Å². The van der Waals surface area contributed by atoms with Crippen molar-refractivity contribution in [3.63, 3.8) is 0 Å². The summed E-state index contributed by atoms with van der Waals surface area (Å²) in [5.41, 5.74) is 7.42. The second-order valence-electron chi connectivity index (χ2n) is 3.37. The molecule has 0 fully saturated rings. The molecule has 0 bridgehead atoms. The topological polar surface area (TPSA) is 76.7 Å². The van der Waals surface area contributed by atoms with Crippen LogP contribution in [0.5, 0.6) is 0 Å². The Bertz CT molecular complexity index is 540. The molecule has 1 aromatic carbocycles. The Morgan fingerprint density at radius 2 is 2.06 bits per heavy atom. The SMILES string of the molecule is Cc1cc(Br)ccc1Nc1nc(N)nc(Cl)n1. The molecule has 3 N–H and O–H groups in total. The van der Waals surface area contributed by atoms with Crippen molar-refractivity contribution in [2.75, 3.05) is 11.1 Å². The molecule has 0 saturated heterocycles. The normalized spacial score (nSPS) is 10.3. The van der Waals surface area contributed by atoms with Gasteiger partial charge in [-0.25, -0.2) is 0 Å². The third kappa shape index (κ3) is 3.04. The molecule has 1 heterocycles. The molecule has 0 aliphatic carbocycles. The molecule has 1 aromatic heterocycles. The van der Waals surface area contributed by atoms with Crippen molar-refractivity contribution in [3.8, 4) is 0 Å². The molecule has 17 heavy (non-hydrogen) atoms. The van der Waals surface area contributed by atoms with Crippen molar-refractivity contribution in [2.24, 2.45) is 0 Å². The zero-order valence-electron chi connectivity index (χ0n) is 8.91. The molecule has 5 nitrogen and oxygen atoms in total. The monoisotopic (exact) mass is 313 g/mol. The maximum Gasteiger partial charge on any atom is 0.233 e. The molecule has 88 valence electrons. The number of halogens is 2. The van der Waals surface area contributed by atoms with Gasteiger partial charge in [-0.1, -0.05) is 15.9 Å². The van der Waals surface area contributed by atoms with Crippen LogP contribution in [0.2, 0.25) is 5.28 Å². The van der Waals surface area contributed by atoms with Crippen LogP contribution in [0.4, 0.5) is 17.6 Å². The van der Waals surface area contributed by atoms with E-state index in [4.69, 9.17) is 17.3 Å². The lowest BCUT2D eigenvalue weighted by Gasteiger charge is -2.08. The second-order valence-corrected chi connectivity index (χ2v) is 4.62. The van der Waals surface area contributed by atoms with Crippen LogP contribution in [0.15, 0.2) is 22.7 Å². The number of nitrogens with one attached hydrogen (secondary N) is 1. The predicted octanol–water partition coefficient (Wildman–Crippen LogP) is 2.92. The lowest BCUT2D eigenvalue weighted by Crippen LogP contribution is -2.03. The molecular weight excluding hydrogens is 306 g/mol. The third-order valence-electron chi connectivity index (χ3n) is 2.06. The van der Waals surface area contributed by atoms with Crippen LogP contribution in [0, 0.1) is 6.92 Å². The summed E-state index contributed by atoms with van der Waals surface area (Å²) in [5, 5.41) is 3.10. The first-order valence-corrected chi connectivity index (χ1v) is 5.92. The van der Waals surface area contributed by atoms with E-state index in [1.807, 2.05) is 25.1 Å². The molecule has 0 saturated carbocycles. The number of rotatable bonds is 2. The van der Waals surface area contributed by atoms with Crippen molar-refractivity contribution in [3.05, 3.63) is 33.5 Å². The zero-order valence-corrected chi connectivity index (χ0v) is 11.2. The number of nitrogen functional groups attached to an aromatic ring is 1. The number of hydrogen-bond acceptors (Lipinski definition) is 5. The number of hydrogen-bond donors (Lipinski definition) is 2. The van der Waals surface area contributed by atoms with E-state index in [9.17, 15) is 0 Å². The highest BCUT2D eigenvalue weighted by Crippen LogP contribution is 2.22. The molecule has 0 radical (unpaired) electrons. The first kappa shape index (κ1) is 12.1. The number of aryl methyl sites for hydroxylation is 1. The molecule has 0 atom stereocenters. The lowest BCUT2D eigenvalue weighted by molar-refractivity contribution is 1.07. The lowest BCUT2D eigenvalue weighted by atomic mass is 10.2. The maximum atomic E-state index is 5.69. The first-order chi connectivity index (χ1) is 8.04. The summed E-state index contributed by atoms with van der Waals surface area (Å²) in [5.74, 6) is 0.412. The fraction of sp³-hybridized carbons (Fsp3) is 0.100. The highest BCUT2D eigenvalue weighted by atomic mass is 79.9. The summed E-state index contributed by atoms with van der Waals surface area (Å²) in [6, 6.07) is 5.81. The molecule has 0 unspecified atom stereocenters. The van der Waals surface area contributed by atoms with E-state index in [1.54, 1.807) is 0 Å². The standard InChI is InChI=1S/C10H9BrClN5/c1-5-4-6(11)2-3-7(5)14-10-16-8(12)15-9(13)17-10/h2-4H,1H3,(H3,13,14,15,16,17). The Morgan fingerprint density at radius 3 is 2.71 bits per heavy atom. The minimum atomic E-state index is 0.0646. The number of aromatic nitrogens is 3. The van der Waals surface area contributed by atoms with Gasteiger partial charge >= 0.3 is 0 Å². The Balaban J connectivity index is 2.31. The third-order valence-corrected chi connectivity index (χ3v) is 2.72. The predicted molar refractivity (Wildman–Crippen MR) is 71.4 cm³/mol. The summed E-state index contributed by atoms with van der Waals surface area (Å²) in [7, 11) is 0. The van der Waals surface area contributed by atoms with Crippen LogP contribution in [0.3, 0.4) is 0 Å². The zero-order chi connectivity index (χ0) is 12.4. The fourth-order valence-electron chi connectivity index (χ4n) is 1.31. The summed E-state index contributed by atoms with van der Waals surface area (Å²) in [4.78, 5) is 11.6. The highest BCUT2D eigenvalue weighted by molar-refractivity contribution is 9.10. The van der Waals surface area contributed by atoms with Crippen molar-refractivity contribution < 1.29 is 0 Å². The van der Waals surface area contributed by atoms with Gasteiger partial charge in [-0.2, -0.15) is 15.0 Å². The Morgan fingerprint density at radius 1 is 1.29 bits per heavy atom. The quantitative estimate of drug-likeness (QED) is 0.891. The van der Waals surface area contributed by atoms with E-state index in [-0.39, 0.29) is 11.2 Å². The van der Waals surface area contributed by atoms with Gasteiger partial charge in [0.1, 0.15) is 0 Å². The molecule has 0 amide bonds. The summed E-state index contributed by atoms with van der Waals surface area (Å²) < 4.78 is 1.01. The van der Waals surface area contributed by atoms with Gasteiger partial charge in [-0.15, -0.1) is 0 Å². The smallest absolute Gasteiger partial charge is 0.233 e. The largest absolute Gasteiger partial charge is 0.368 e. The van der Waals surface area contributed by atoms with E-state index in [0.29, 0.717) is 5.95 Å². The van der Waals surface area contributed by atoms with Gasteiger partial charge in [0.2, 0.25) is 17.2 Å². The van der Waals surface area contributed by atoms with Gasteiger partial charge in [0, 0.05) is 10.2 Å². The maximum absolute atomic E-state index is 5.69. The second kappa shape index (κ2) is 4.85. The van der Waals surface area contributed by atoms with Gasteiger partial charge in [-0.3, -0.25) is 0 Å². The minimum absolute atomic E-state index is 0.0646. The molecular formula is C10H9BrClN5. The average molecular weight is 315 g/mol. The van der Waals surface area contributed by atoms with E-state index in [1.165, 1.54) is 0 Å². The summed E-state index contributed by atoms with van der Waals surface area (Å²) >= 11 is 9.09. The summed E-state index contributed by atoms with van der Waals surface area (Å²) in [6.45, 7) is 1.97. The van der Waals surface area contributed by atoms with Gasteiger partial charge < -0.3 is 11.1 Å². The van der Waals surface area contributed by atoms with E-state index in [2.05, 4.69) is 36.2 Å². The number of benzene rings is 1. The molecule has 0 spiro atoms. The van der Waals surface area contributed by atoms with Gasteiger partial charge in [-0.05, 0) is 42.3 Å². The molecule has 0 aliphatic rings. The van der Waals surface area contributed by atoms with Crippen molar-refractivity contribution in [1.82, 2.24) is 15.0 Å². The highest BCUT2D eigenvalue weighted by Gasteiger charge is 2.04. The Hall–Kier alpha value is -1.40. The Labute approximate surface area is 112 Å². The van der Waals surface area contributed by atoms with Crippen LogP contribution in [0.1, 0.15) is 5.56 Å². The number of nitrogens with two attached hydrogens (primary N) is 1. The minimum Gasteiger partial charge on any atom is -0.368 e. The Kier molecular flexibility index (Phi) is 3.44. The van der Waals surface area contributed by atoms with Crippen LogP contribution in [-0.2, 0) is 0 Å². The van der Waals surface area contributed by atoms with Crippen LogP contribution < -0.4 is 11.1 Å². The van der Waals surface area contributed by atoms with Gasteiger partial charge in [0.15, 0.2) is 0 Å². The van der Waals surface area contributed by atoms with Crippen molar-refractivity contribution in [2.45, 2.75) is 6.92 Å². The van der Waals surface area contributed by atoms with E-state index >= 15 is 0 Å². The van der Waals surface area contributed by atoms with Gasteiger partial charge in [0.05, 0.1) is 0 Å². The van der Waals surface area contributed by atoms with Crippen LogP contribution in [0.25, 0.3) is 0 Å². The van der Waals surface area contributed by atoms with Crippen LogP contribution in [-0.4, -0.2) is 15.0 Å². The van der Waals surface area contributed by atoms with Crippen molar-refractivity contribution in [1.29, 1.82) is 0 Å². The first-order valence-electron chi connectivity index (χ1n) is 4.75. The summed E-state index contributed by atoms with van der Waals surface area (Å²) in [6.07, 6.45) is 0. The van der Waals surface area contributed by atoms with Gasteiger partial charge in [0.25, 0.3) is 0 Å². The molecule has 2 aromatic rings. The fourth-order valence-corrected chi connectivity index (χ4v) is 1.95. The number of anilines is 3. The average Bonchev–Trinajstić information content (AvgIpc) is 2.21.